The third-order valence-corrected chi connectivity index (χ3v) is 6.32. The Morgan fingerprint density at radius 2 is 1.82 bits per heavy atom. The Labute approximate surface area is 182 Å². The summed E-state index contributed by atoms with van der Waals surface area (Å²) >= 11 is 16.0. The number of nitrogens with one attached hydrogen (secondary N) is 1. The number of carbonyl (C=O) groups excluding carboxylic acids is 1. The van der Waals surface area contributed by atoms with E-state index >= 15 is 0 Å². The fourth-order valence-electron chi connectivity index (χ4n) is 2.87. The predicted molar refractivity (Wildman–Crippen MR) is 115 cm³/mol. The zero-order valence-corrected chi connectivity index (χ0v) is 18.9. The van der Waals surface area contributed by atoms with Gasteiger partial charge in [-0.1, -0.05) is 29.3 Å². The monoisotopic (exact) mass is 483 g/mol. The molecule has 0 aliphatic carbocycles. The Balaban J connectivity index is 1.64. The number of nitrogens with zero attached hydrogens (tertiary/aromatic N) is 4. The summed E-state index contributed by atoms with van der Waals surface area (Å²) in [5.74, 6) is 0.379. The molecule has 0 saturated heterocycles. The van der Waals surface area contributed by atoms with E-state index in [0.717, 1.165) is 27.1 Å². The van der Waals surface area contributed by atoms with Crippen LogP contribution in [0, 0.1) is 20.8 Å². The average Bonchev–Trinajstić information content (AvgIpc) is 3.10. The van der Waals surface area contributed by atoms with Crippen molar-refractivity contribution in [3.63, 3.8) is 0 Å². The Bertz CT molecular complexity index is 1010. The van der Waals surface area contributed by atoms with E-state index in [0.29, 0.717) is 35.4 Å². The Hall–Kier alpha value is -1.83. The quantitative estimate of drug-likeness (QED) is 0.526. The van der Waals surface area contributed by atoms with Crippen LogP contribution >= 0.6 is 39.1 Å². The number of halogens is 3. The molecular formula is C19H20BrCl2N5O. The predicted octanol–water partition coefficient (Wildman–Crippen LogP) is 5.15. The highest BCUT2D eigenvalue weighted by Gasteiger charge is 2.13. The van der Waals surface area contributed by atoms with E-state index in [-0.39, 0.29) is 5.91 Å². The van der Waals surface area contributed by atoms with Crippen molar-refractivity contribution in [2.24, 2.45) is 0 Å². The van der Waals surface area contributed by atoms with E-state index in [1.54, 1.807) is 22.9 Å². The van der Waals surface area contributed by atoms with Crippen LogP contribution in [-0.4, -0.2) is 25.5 Å². The molecule has 6 nitrogen and oxygen atoms in total. The van der Waals surface area contributed by atoms with Crippen LogP contribution in [0.3, 0.4) is 0 Å². The summed E-state index contributed by atoms with van der Waals surface area (Å²) in [5.41, 5.74) is 3.60. The van der Waals surface area contributed by atoms with E-state index in [4.69, 9.17) is 23.2 Å². The molecule has 9 heteroatoms. The van der Waals surface area contributed by atoms with Gasteiger partial charge >= 0.3 is 0 Å². The van der Waals surface area contributed by atoms with Crippen molar-refractivity contribution < 1.29 is 4.79 Å². The summed E-state index contributed by atoms with van der Waals surface area (Å²) in [6.45, 7) is 6.74. The molecule has 0 aliphatic rings. The van der Waals surface area contributed by atoms with E-state index in [1.165, 1.54) is 0 Å². The number of benzene rings is 1. The molecule has 0 fully saturated rings. The van der Waals surface area contributed by atoms with Gasteiger partial charge in [0.1, 0.15) is 0 Å². The van der Waals surface area contributed by atoms with Gasteiger partial charge in [-0.3, -0.25) is 14.2 Å². The zero-order valence-electron chi connectivity index (χ0n) is 15.8. The molecule has 28 heavy (non-hydrogen) atoms. The number of aryl methyl sites for hydroxylation is 3. The number of anilines is 1. The third kappa shape index (κ3) is 4.59. The van der Waals surface area contributed by atoms with Crippen molar-refractivity contribution >= 4 is 50.9 Å². The molecule has 0 saturated carbocycles. The van der Waals surface area contributed by atoms with Gasteiger partial charge in [0, 0.05) is 39.5 Å². The SMILES string of the molecule is Cc1nn(CCC(=O)Nc2cc(C)n(Cc3c(Cl)cccc3Cl)n2)c(C)c1Br. The van der Waals surface area contributed by atoms with Crippen LogP contribution < -0.4 is 5.32 Å². The lowest BCUT2D eigenvalue weighted by molar-refractivity contribution is -0.116. The summed E-state index contributed by atoms with van der Waals surface area (Å²) in [6, 6.07) is 7.21. The van der Waals surface area contributed by atoms with E-state index in [9.17, 15) is 4.79 Å². The molecule has 3 aromatic rings. The lowest BCUT2D eigenvalue weighted by Crippen LogP contribution is -2.16. The third-order valence-electron chi connectivity index (χ3n) is 4.46. The minimum Gasteiger partial charge on any atom is -0.309 e. The second-order valence-corrected chi connectivity index (χ2v) is 8.14. The van der Waals surface area contributed by atoms with E-state index in [1.807, 2.05) is 31.5 Å². The highest BCUT2D eigenvalue weighted by atomic mass is 79.9. The van der Waals surface area contributed by atoms with E-state index < -0.39 is 0 Å². The fourth-order valence-corrected chi connectivity index (χ4v) is 3.67. The van der Waals surface area contributed by atoms with Gasteiger partial charge < -0.3 is 5.32 Å². The van der Waals surface area contributed by atoms with Crippen molar-refractivity contribution in [1.29, 1.82) is 0 Å². The van der Waals surface area contributed by atoms with Crippen molar-refractivity contribution in [3.05, 3.63) is 61.4 Å². The lowest BCUT2D eigenvalue weighted by atomic mass is 10.2. The first-order valence-electron chi connectivity index (χ1n) is 8.73. The van der Waals surface area contributed by atoms with E-state index in [2.05, 4.69) is 31.4 Å². The maximum absolute atomic E-state index is 12.3. The molecule has 1 aromatic carbocycles. The van der Waals surface area contributed by atoms with Crippen LogP contribution in [0.5, 0.6) is 0 Å². The number of hydrogen-bond donors (Lipinski definition) is 1. The van der Waals surface area contributed by atoms with Crippen LogP contribution in [0.15, 0.2) is 28.7 Å². The fraction of sp³-hybridized carbons (Fsp3) is 0.316. The highest BCUT2D eigenvalue weighted by Crippen LogP contribution is 2.26. The van der Waals surface area contributed by atoms with Crippen molar-refractivity contribution in [1.82, 2.24) is 19.6 Å². The molecule has 2 heterocycles. The first-order valence-corrected chi connectivity index (χ1v) is 10.3. The maximum atomic E-state index is 12.3. The molecule has 2 aromatic heterocycles. The minimum absolute atomic E-state index is 0.121. The Morgan fingerprint density at radius 1 is 1.14 bits per heavy atom. The summed E-state index contributed by atoms with van der Waals surface area (Å²) in [4.78, 5) is 12.3. The lowest BCUT2D eigenvalue weighted by Gasteiger charge is -2.08. The molecule has 0 spiro atoms. The standard InChI is InChI=1S/C19H20BrCl2N5O/c1-11-9-17(25-27(11)10-14-15(21)5-4-6-16(14)22)23-18(28)7-8-26-13(3)19(20)12(2)24-26/h4-6,9H,7-8,10H2,1-3H3,(H,23,25,28). The second kappa shape index (κ2) is 8.68. The molecule has 1 amide bonds. The normalized spacial score (nSPS) is 11.1. The number of rotatable bonds is 6. The van der Waals surface area contributed by atoms with Gasteiger partial charge in [0.15, 0.2) is 5.82 Å². The van der Waals surface area contributed by atoms with Gasteiger partial charge in [-0.05, 0) is 48.8 Å². The molecule has 0 aliphatic heterocycles. The van der Waals surface area contributed by atoms with Crippen molar-refractivity contribution in [2.45, 2.75) is 40.3 Å². The smallest absolute Gasteiger partial charge is 0.227 e. The summed E-state index contributed by atoms with van der Waals surface area (Å²) in [5, 5.41) is 12.9. The summed E-state index contributed by atoms with van der Waals surface area (Å²) in [7, 11) is 0. The van der Waals surface area contributed by atoms with Crippen LogP contribution in [0.25, 0.3) is 0 Å². The zero-order chi connectivity index (χ0) is 20.4. The molecule has 0 bridgehead atoms. The molecule has 0 atom stereocenters. The largest absolute Gasteiger partial charge is 0.309 e. The topological polar surface area (TPSA) is 64.7 Å². The number of amides is 1. The molecule has 0 radical (unpaired) electrons. The molecule has 0 unspecified atom stereocenters. The summed E-state index contributed by atoms with van der Waals surface area (Å²) < 4.78 is 4.56. The minimum atomic E-state index is -0.121. The van der Waals surface area contributed by atoms with Crippen LogP contribution in [0.4, 0.5) is 5.82 Å². The maximum Gasteiger partial charge on any atom is 0.227 e. The summed E-state index contributed by atoms with van der Waals surface area (Å²) in [6.07, 6.45) is 0.302. The number of hydrogen-bond acceptors (Lipinski definition) is 3. The van der Waals surface area contributed by atoms with Gasteiger partial charge in [-0.2, -0.15) is 10.2 Å². The second-order valence-electron chi connectivity index (χ2n) is 6.53. The molecule has 3 rings (SSSR count). The van der Waals surface area contributed by atoms with Crippen LogP contribution in [0.1, 0.15) is 29.1 Å². The molecule has 148 valence electrons. The van der Waals surface area contributed by atoms with Gasteiger partial charge in [0.05, 0.1) is 23.3 Å². The van der Waals surface area contributed by atoms with Gasteiger partial charge in [0.25, 0.3) is 0 Å². The van der Waals surface area contributed by atoms with Crippen LogP contribution in [-0.2, 0) is 17.9 Å². The van der Waals surface area contributed by atoms with Crippen LogP contribution in [0.2, 0.25) is 10.0 Å². The average molecular weight is 485 g/mol. The first kappa shape index (κ1) is 20.9. The van der Waals surface area contributed by atoms with Crippen molar-refractivity contribution in [3.8, 4) is 0 Å². The number of carbonyl (C=O) groups is 1. The highest BCUT2D eigenvalue weighted by molar-refractivity contribution is 9.10. The van der Waals surface area contributed by atoms with Gasteiger partial charge in [-0.25, -0.2) is 0 Å². The van der Waals surface area contributed by atoms with Gasteiger partial charge in [0.2, 0.25) is 5.91 Å². The molecule has 1 N–H and O–H groups in total. The molecular weight excluding hydrogens is 465 g/mol. The van der Waals surface area contributed by atoms with Crippen molar-refractivity contribution in [2.75, 3.05) is 5.32 Å². The van der Waals surface area contributed by atoms with Gasteiger partial charge in [-0.15, -0.1) is 0 Å². The first-order chi connectivity index (χ1) is 13.3. The Morgan fingerprint density at radius 3 is 2.43 bits per heavy atom. The number of aromatic nitrogens is 4. The Kier molecular flexibility index (Phi) is 6.47.